The molecule has 0 aliphatic heterocycles. The Kier molecular flexibility index (Phi) is 6.15. The molecule has 6 heteroatoms. The van der Waals surface area contributed by atoms with Crippen LogP contribution in [0.3, 0.4) is 0 Å². The molecule has 0 heterocycles. The maximum atomic E-state index is 12.1. The molecular formula is C13H18ClN3O2. The molecule has 0 aliphatic carbocycles. The van der Waals surface area contributed by atoms with Gasteiger partial charge in [0.05, 0.1) is 6.42 Å². The van der Waals surface area contributed by atoms with Crippen molar-refractivity contribution in [2.45, 2.75) is 19.8 Å². The topological polar surface area (TPSA) is 78.9 Å². The second-order valence-electron chi connectivity index (χ2n) is 4.08. The van der Waals surface area contributed by atoms with E-state index in [0.717, 1.165) is 5.56 Å². The molecule has 19 heavy (non-hydrogen) atoms. The molecule has 0 fully saturated rings. The first-order valence-electron chi connectivity index (χ1n) is 6.06. The summed E-state index contributed by atoms with van der Waals surface area (Å²) >= 11 is 6.02. The molecule has 0 unspecified atom stereocenters. The molecule has 104 valence electrons. The van der Waals surface area contributed by atoms with Crippen molar-refractivity contribution < 1.29 is 10.0 Å². The zero-order chi connectivity index (χ0) is 14.3. The van der Waals surface area contributed by atoms with Gasteiger partial charge in [0.15, 0.2) is 0 Å². The minimum Gasteiger partial charge on any atom is -0.409 e. The van der Waals surface area contributed by atoms with E-state index < -0.39 is 0 Å². The lowest BCUT2D eigenvalue weighted by atomic mass is 10.1. The second kappa shape index (κ2) is 7.63. The molecule has 1 aromatic carbocycles. The van der Waals surface area contributed by atoms with Crippen LogP contribution in [0.4, 0.5) is 0 Å². The number of hydrogen-bond acceptors (Lipinski definition) is 3. The fourth-order valence-electron chi connectivity index (χ4n) is 1.68. The lowest BCUT2D eigenvalue weighted by Gasteiger charge is -2.20. The molecule has 0 aliphatic rings. The summed E-state index contributed by atoms with van der Waals surface area (Å²) in [6, 6.07) is 7.27. The molecule has 0 bridgehead atoms. The van der Waals surface area contributed by atoms with Crippen LogP contribution in [-0.4, -0.2) is 34.9 Å². The Hall–Kier alpha value is -1.75. The van der Waals surface area contributed by atoms with Crippen molar-refractivity contribution in [3.05, 3.63) is 34.9 Å². The van der Waals surface area contributed by atoms with Crippen LogP contribution in [0.2, 0.25) is 5.02 Å². The van der Waals surface area contributed by atoms with Crippen LogP contribution >= 0.6 is 11.6 Å². The van der Waals surface area contributed by atoms with E-state index in [9.17, 15) is 4.79 Å². The largest absolute Gasteiger partial charge is 0.409 e. The highest BCUT2D eigenvalue weighted by molar-refractivity contribution is 6.31. The molecule has 1 aromatic rings. The van der Waals surface area contributed by atoms with Crippen molar-refractivity contribution in [2.24, 2.45) is 10.9 Å². The van der Waals surface area contributed by atoms with Crippen LogP contribution in [0.15, 0.2) is 29.4 Å². The number of carbonyl (C=O) groups excluding carboxylic acids is 1. The molecule has 0 atom stereocenters. The van der Waals surface area contributed by atoms with E-state index in [1.165, 1.54) is 0 Å². The first-order valence-corrected chi connectivity index (χ1v) is 6.43. The van der Waals surface area contributed by atoms with Crippen molar-refractivity contribution in [3.8, 4) is 0 Å². The average molecular weight is 284 g/mol. The van der Waals surface area contributed by atoms with Crippen molar-refractivity contribution >= 4 is 23.3 Å². The third kappa shape index (κ3) is 4.79. The Labute approximate surface area is 117 Å². The Morgan fingerprint density at radius 2 is 2.16 bits per heavy atom. The lowest BCUT2D eigenvalue weighted by molar-refractivity contribution is -0.130. The van der Waals surface area contributed by atoms with Crippen molar-refractivity contribution in [1.29, 1.82) is 0 Å². The highest BCUT2D eigenvalue weighted by Crippen LogP contribution is 2.16. The first kappa shape index (κ1) is 15.3. The first-order chi connectivity index (χ1) is 9.08. The molecular weight excluding hydrogens is 266 g/mol. The van der Waals surface area contributed by atoms with Crippen LogP contribution in [-0.2, 0) is 11.2 Å². The van der Waals surface area contributed by atoms with Gasteiger partial charge in [0.1, 0.15) is 5.84 Å². The Morgan fingerprint density at radius 1 is 1.47 bits per heavy atom. The molecule has 1 amide bonds. The monoisotopic (exact) mass is 283 g/mol. The minimum atomic E-state index is -0.0265. The van der Waals surface area contributed by atoms with Crippen LogP contribution in [0.1, 0.15) is 18.9 Å². The second-order valence-corrected chi connectivity index (χ2v) is 4.49. The van der Waals surface area contributed by atoms with Gasteiger partial charge < -0.3 is 15.8 Å². The van der Waals surface area contributed by atoms with E-state index >= 15 is 0 Å². The molecule has 0 spiro atoms. The number of halogens is 1. The average Bonchev–Trinajstić information content (AvgIpc) is 2.41. The smallest absolute Gasteiger partial charge is 0.227 e. The van der Waals surface area contributed by atoms with E-state index in [1.807, 2.05) is 25.1 Å². The number of benzene rings is 1. The third-order valence-electron chi connectivity index (χ3n) is 2.80. The summed E-state index contributed by atoms with van der Waals surface area (Å²) in [7, 11) is 0. The summed E-state index contributed by atoms with van der Waals surface area (Å²) < 4.78 is 0. The SMILES string of the molecule is CCN(CC/C(N)=N/O)C(=O)Cc1ccccc1Cl. The number of hydrogen-bond donors (Lipinski definition) is 2. The number of amides is 1. The molecule has 5 nitrogen and oxygen atoms in total. The molecule has 1 rings (SSSR count). The van der Waals surface area contributed by atoms with E-state index in [1.54, 1.807) is 11.0 Å². The number of rotatable bonds is 6. The number of oxime groups is 1. The van der Waals surface area contributed by atoms with Crippen LogP contribution < -0.4 is 5.73 Å². The van der Waals surface area contributed by atoms with Gasteiger partial charge in [0.2, 0.25) is 5.91 Å². The summed E-state index contributed by atoms with van der Waals surface area (Å²) in [5.41, 5.74) is 6.20. The summed E-state index contributed by atoms with van der Waals surface area (Å²) in [5.74, 6) is 0.0883. The van der Waals surface area contributed by atoms with E-state index in [-0.39, 0.29) is 18.2 Å². The number of nitrogens with two attached hydrogens (primary N) is 1. The van der Waals surface area contributed by atoms with Gasteiger partial charge in [-0.05, 0) is 18.6 Å². The Bertz CT molecular complexity index is 463. The van der Waals surface area contributed by atoms with Crippen LogP contribution in [0.25, 0.3) is 0 Å². The van der Waals surface area contributed by atoms with Crippen LogP contribution in [0, 0.1) is 0 Å². The van der Waals surface area contributed by atoms with Crippen molar-refractivity contribution in [1.82, 2.24) is 4.90 Å². The quantitative estimate of drug-likeness (QED) is 0.362. The summed E-state index contributed by atoms with van der Waals surface area (Å²) in [5, 5.41) is 11.9. The molecule has 0 saturated heterocycles. The minimum absolute atomic E-state index is 0.0265. The molecule has 0 aromatic heterocycles. The number of nitrogens with zero attached hydrogens (tertiary/aromatic N) is 2. The number of amidine groups is 1. The van der Waals surface area contributed by atoms with Gasteiger partial charge in [0.25, 0.3) is 0 Å². The standard InChI is InChI=1S/C13H18ClN3O2/c1-2-17(8-7-12(15)16-19)13(18)9-10-5-3-4-6-11(10)14/h3-6,19H,2,7-9H2,1H3,(H2,15,16). The van der Waals surface area contributed by atoms with Gasteiger partial charge >= 0.3 is 0 Å². The third-order valence-corrected chi connectivity index (χ3v) is 3.17. The van der Waals surface area contributed by atoms with Gasteiger partial charge in [-0.3, -0.25) is 4.79 Å². The predicted octanol–water partition coefficient (Wildman–Crippen LogP) is 1.87. The number of likely N-dealkylation sites (N-methyl/N-ethyl adjacent to an activating group) is 1. The maximum absolute atomic E-state index is 12.1. The summed E-state index contributed by atoms with van der Waals surface area (Å²) in [6.07, 6.45) is 0.599. The van der Waals surface area contributed by atoms with Gasteiger partial charge in [-0.25, -0.2) is 0 Å². The fraction of sp³-hybridized carbons (Fsp3) is 0.385. The normalized spacial score (nSPS) is 11.4. The molecule has 3 N–H and O–H groups in total. The van der Waals surface area contributed by atoms with Gasteiger partial charge in [-0.1, -0.05) is 35.0 Å². The predicted molar refractivity (Wildman–Crippen MR) is 75.4 cm³/mol. The van der Waals surface area contributed by atoms with Gasteiger partial charge in [0, 0.05) is 24.5 Å². The van der Waals surface area contributed by atoms with E-state index in [4.69, 9.17) is 22.5 Å². The number of carbonyl (C=O) groups is 1. The van der Waals surface area contributed by atoms with E-state index in [0.29, 0.717) is 24.5 Å². The highest BCUT2D eigenvalue weighted by Gasteiger charge is 2.14. The van der Waals surface area contributed by atoms with E-state index in [2.05, 4.69) is 5.16 Å². The zero-order valence-electron chi connectivity index (χ0n) is 10.8. The highest BCUT2D eigenvalue weighted by atomic mass is 35.5. The van der Waals surface area contributed by atoms with Gasteiger partial charge in [-0.2, -0.15) is 0 Å². The van der Waals surface area contributed by atoms with Crippen molar-refractivity contribution in [3.63, 3.8) is 0 Å². The summed E-state index contributed by atoms with van der Waals surface area (Å²) in [6.45, 7) is 2.88. The van der Waals surface area contributed by atoms with Gasteiger partial charge in [-0.15, -0.1) is 0 Å². The van der Waals surface area contributed by atoms with Crippen molar-refractivity contribution in [2.75, 3.05) is 13.1 Å². The fourth-order valence-corrected chi connectivity index (χ4v) is 1.88. The zero-order valence-corrected chi connectivity index (χ0v) is 11.6. The Balaban J connectivity index is 2.62. The maximum Gasteiger partial charge on any atom is 0.227 e. The molecule has 0 radical (unpaired) electrons. The van der Waals surface area contributed by atoms with Crippen LogP contribution in [0.5, 0.6) is 0 Å². The lowest BCUT2D eigenvalue weighted by Crippen LogP contribution is -2.35. The molecule has 0 saturated carbocycles. The Morgan fingerprint density at radius 3 is 2.74 bits per heavy atom. The summed E-state index contributed by atoms with van der Waals surface area (Å²) in [4.78, 5) is 13.8.